The largest absolute Gasteiger partial charge is 0.390 e. The molecule has 1 fully saturated rings. The summed E-state index contributed by atoms with van der Waals surface area (Å²) in [6.45, 7) is 0. The zero-order valence-corrected chi connectivity index (χ0v) is 10.1. The second-order valence-corrected chi connectivity index (χ2v) is 5.85. The first-order valence-electron chi connectivity index (χ1n) is 4.56. The van der Waals surface area contributed by atoms with Gasteiger partial charge in [-0.15, -0.1) is 0 Å². The van der Waals surface area contributed by atoms with Crippen molar-refractivity contribution < 1.29 is 15.0 Å². The van der Waals surface area contributed by atoms with Crippen LogP contribution in [0.3, 0.4) is 0 Å². The zero-order valence-electron chi connectivity index (χ0n) is 7.79. The highest BCUT2D eigenvalue weighted by Crippen LogP contribution is 2.27. The van der Waals surface area contributed by atoms with Gasteiger partial charge in [0.15, 0.2) is 0 Å². The van der Waals surface area contributed by atoms with Crippen LogP contribution in [-0.4, -0.2) is 38.2 Å². The van der Waals surface area contributed by atoms with E-state index < -0.39 is 27.9 Å². The summed E-state index contributed by atoms with van der Waals surface area (Å²) in [7, 11) is 0. The number of aliphatic hydroxyl groups excluding tert-OH is 2. The highest BCUT2D eigenvalue weighted by Gasteiger charge is 2.37. The quantitative estimate of drug-likeness (QED) is 0.619. The van der Waals surface area contributed by atoms with Crippen LogP contribution in [0.25, 0.3) is 0 Å². The van der Waals surface area contributed by atoms with E-state index in [9.17, 15) is 15.0 Å². The average Bonchev–Trinajstić information content (AvgIpc) is 2.11. The fraction of sp³-hybridized carbons (Fsp3) is 0.875. The predicted octanol–water partition coefficient (Wildman–Crippen LogP) is 0.747. The average molecular weight is 277 g/mol. The van der Waals surface area contributed by atoms with Crippen LogP contribution in [0.15, 0.2) is 0 Å². The van der Waals surface area contributed by atoms with Gasteiger partial charge in [-0.2, -0.15) is 0 Å². The summed E-state index contributed by atoms with van der Waals surface area (Å²) < 4.78 is -2.04. The molecular weight excluding hydrogens is 264 g/mol. The molecule has 0 aromatic heterocycles. The minimum absolute atomic E-state index is 0.515. The van der Waals surface area contributed by atoms with Crippen LogP contribution < -0.4 is 5.32 Å². The number of amides is 1. The molecule has 0 bridgehead atoms. The normalized spacial score (nSPS) is 32.5. The molecule has 0 saturated heterocycles. The van der Waals surface area contributed by atoms with Gasteiger partial charge >= 0.3 is 0 Å². The van der Waals surface area contributed by atoms with E-state index >= 15 is 0 Å². The maximum atomic E-state index is 11.3. The Morgan fingerprint density at radius 3 is 2.40 bits per heavy atom. The molecule has 7 heteroatoms. The molecule has 0 radical (unpaired) electrons. The number of halogens is 3. The Labute approximate surface area is 102 Å². The number of aliphatic hydroxyl groups is 2. The number of alkyl halides is 3. The smallest absolute Gasteiger partial charge is 0.272 e. The second-order valence-electron chi connectivity index (χ2n) is 3.57. The standard InChI is InChI=1S/C8H12Cl3NO3/c9-8(10,11)7(15)12-4-2-1-3-5(13)6(4)14/h4-6,13-14H,1-3H2,(H,12,15)/t4-,5+,6-/m1/s1. The summed E-state index contributed by atoms with van der Waals surface area (Å²) in [5.74, 6) is -0.786. The summed E-state index contributed by atoms with van der Waals surface area (Å²) in [5.41, 5.74) is 0. The maximum Gasteiger partial charge on any atom is 0.272 e. The van der Waals surface area contributed by atoms with Crippen LogP contribution in [0.4, 0.5) is 0 Å². The van der Waals surface area contributed by atoms with Gasteiger partial charge in [-0.05, 0) is 19.3 Å². The Morgan fingerprint density at radius 1 is 1.27 bits per heavy atom. The lowest BCUT2D eigenvalue weighted by Crippen LogP contribution is -2.53. The van der Waals surface area contributed by atoms with Crippen molar-refractivity contribution in [2.24, 2.45) is 0 Å². The Balaban J connectivity index is 2.54. The molecule has 3 N–H and O–H groups in total. The number of nitrogens with one attached hydrogen (secondary N) is 1. The number of carbonyl (C=O) groups excluding carboxylic acids is 1. The highest BCUT2D eigenvalue weighted by atomic mass is 35.6. The topological polar surface area (TPSA) is 69.6 Å². The lowest BCUT2D eigenvalue weighted by Gasteiger charge is -2.32. The molecule has 1 aliphatic carbocycles. The van der Waals surface area contributed by atoms with Crippen LogP contribution in [0.5, 0.6) is 0 Å². The van der Waals surface area contributed by atoms with Crippen molar-refractivity contribution >= 4 is 40.7 Å². The molecule has 0 aromatic rings. The van der Waals surface area contributed by atoms with E-state index in [-0.39, 0.29) is 0 Å². The monoisotopic (exact) mass is 275 g/mol. The van der Waals surface area contributed by atoms with E-state index in [0.29, 0.717) is 19.3 Å². The molecule has 88 valence electrons. The molecule has 3 atom stereocenters. The molecule has 0 heterocycles. The van der Waals surface area contributed by atoms with Crippen molar-refractivity contribution in [3.63, 3.8) is 0 Å². The Kier molecular flexibility index (Phi) is 4.50. The lowest BCUT2D eigenvalue weighted by atomic mass is 9.90. The van der Waals surface area contributed by atoms with Crippen LogP contribution in [0.2, 0.25) is 0 Å². The number of carbonyl (C=O) groups is 1. The van der Waals surface area contributed by atoms with E-state index in [1.165, 1.54) is 0 Å². The predicted molar refractivity (Wildman–Crippen MR) is 58.1 cm³/mol. The SMILES string of the molecule is O=C(N[C@@H]1CCC[C@H](O)[C@@H]1O)C(Cl)(Cl)Cl. The van der Waals surface area contributed by atoms with Gasteiger partial charge in [0.25, 0.3) is 9.70 Å². The van der Waals surface area contributed by atoms with Crippen LogP contribution in [0, 0.1) is 0 Å². The molecular formula is C8H12Cl3NO3. The highest BCUT2D eigenvalue weighted by molar-refractivity contribution is 6.76. The molecule has 4 nitrogen and oxygen atoms in total. The van der Waals surface area contributed by atoms with Crippen molar-refractivity contribution in [1.82, 2.24) is 5.32 Å². The number of hydrogen-bond acceptors (Lipinski definition) is 3. The van der Waals surface area contributed by atoms with Crippen LogP contribution in [0.1, 0.15) is 19.3 Å². The third-order valence-electron chi connectivity index (χ3n) is 2.40. The van der Waals surface area contributed by atoms with Gasteiger partial charge < -0.3 is 15.5 Å². The minimum Gasteiger partial charge on any atom is -0.390 e. The van der Waals surface area contributed by atoms with Gasteiger partial charge in [-0.1, -0.05) is 34.8 Å². The molecule has 0 aliphatic heterocycles. The molecule has 1 aliphatic rings. The van der Waals surface area contributed by atoms with Gasteiger partial charge in [-0.3, -0.25) is 4.79 Å². The summed E-state index contributed by atoms with van der Waals surface area (Å²) >= 11 is 16.1. The summed E-state index contributed by atoms with van der Waals surface area (Å²) in [6.07, 6.45) is -0.0517. The Hall–Kier alpha value is 0.260. The third-order valence-corrected chi connectivity index (χ3v) is 2.91. The minimum atomic E-state index is -2.04. The summed E-state index contributed by atoms with van der Waals surface area (Å²) in [4.78, 5) is 11.3. The second kappa shape index (κ2) is 5.06. The molecule has 15 heavy (non-hydrogen) atoms. The first-order valence-corrected chi connectivity index (χ1v) is 5.69. The fourth-order valence-electron chi connectivity index (χ4n) is 1.56. The first-order chi connectivity index (χ1) is 6.82. The lowest BCUT2D eigenvalue weighted by molar-refractivity contribution is -0.123. The van der Waals surface area contributed by atoms with Crippen molar-refractivity contribution in [3.05, 3.63) is 0 Å². The Morgan fingerprint density at radius 2 is 1.87 bits per heavy atom. The molecule has 0 aromatic carbocycles. The van der Waals surface area contributed by atoms with Crippen LogP contribution >= 0.6 is 34.8 Å². The molecule has 0 unspecified atom stereocenters. The van der Waals surface area contributed by atoms with Gasteiger partial charge in [0.1, 0.15) is 0 Å². The van der Waals surface area contributed by atoms with Crippen molar-refractivity contribution in [2.45, 2.75) is 41.3 Å². The van der Waals surface area contributed by atoms with E-state index in [0.717, 1.165) is 0 Å². The van der Waals surface area contributed by atoms with Gasteiger partial charge in [0, 0.05) is 0 Å². The van der Waals surface area contributed by atoms with Gasteiger partial charge in [0.05, 0.1) is 18.2 Å². The zero-order chi connectivity index (χ0) is 11.6. The number of hydrogen-bond donors (Lipinski definition) is 3. The first kappa shape index (κ1) is 13.3. The Bertz CT molecular complexity index is 244. The van der Waals surface area contributed by atoms with E-state index in [2.05, 4.69) is 5.32 Å². The summed E-state index contributed by atoms with van der Waals surface area (Å²) in [6, 6.07) is -0.558. The van der Waals surface area contributed by atoms with E-state index in [1.54, 1.807) is 0 Å². The van der Waals surface area contributed by atoms with Gasteiger partial charge in [0.2, 0.25) is 0 Å². The van der Waals surface area contributed by atoms with Crippen molar-refractivity contribution in [2.75, 3.05) is 0 Å². The van der Waals surface area contributed by atoms with Crippen molar-refractivity contribution in [1.29, 1.82) is 0 Å². The van der Waals surface area contributed by atoms with E-state index in [4.69, 9.17) is 34.8 Å². The van der Waals surface area contributed by atoms with E-state index in [1.807, 2.05) is 0 Å². The third kappa shape index (κ3) is 3.64. The van der Waals surface area contributed by atoms with Gasteiger partial charge in [-0.25, -0.2) is 0 Å². The van der Waals surface area contributed by atoms with Crippen LogP contribution in [-0.2, 0) is 4.79 Å². The maximum absolute atomic E-state index is 11.3. The molecule has 1 rings (SSSR count). The fourth-order valence-corrected chi connectivity index (χ4v) is 1.73. The summed E-state index contributed by atoms with van der Waals surface area (Å²) in [5, 5.41) is 21.3. The molecule has 1 amide bonds. The number of rotatable bonds is 1. The van der Waals surface area contributed by atoms with Crippen molar-refractivity contribution in [3.8, 4) is 0 Å². The molecule has 1 saturated carbocycles. The molecule has 0 spiro atoms.